The van der Waals surface area contributed by atoms with Gasteiger partial charge in [0.15, 0.2) is 6.10 Å². The number of carbonyl (C=O) groups is 3. The molecule has 120 valence electrons. The lowest BCUT2D eigenvalue weighted by Crippen LogP contribution is -2.44. The Morgan fingerprint density at radius 1 is 1.29 bits per heavy atom. The van der Waals surface area contributed by atoms with Crippen molar-refractivity contribution in [1.29, 1.82) is 0 Å². The molecule has 1 amide bonds. The van der Waals surface area contributed by atoms with Crippen LogP contribution in [0, 0.1) is 5.92 Å². The Hall–Kier alpha value is -1.63. The first-order valence-corrected chi connectivity index (χ1v) is 7.17. The van der Waals surface area contributed by atoms with Crippen molar-refractivity contribution in [3.63, 3.8) is 0 Å². The molecule has 0 aromatic heterocycles. The summed E-state index contributed by atoms with van der Waals surface area (Å²) in [5.74, 6) is -1.70. The average Bonchev–Trinajstić information content (AvgIpc) is 2.86. The predicted molar refractivity (Wildman–Crippen MR) is 73.6 cm³/mol. The minimum absolute atomic E-state index is 0.136. The minimum Gasteiger partial charge on any atom is -0.479 e. The summed E-state index contributed by atoms with van der Waals surface area (Å²) in [5, 5.41) is 8.89. The molecule has 0 bridgehead atoms. The molecule has 0 aromatic rings. The monoisotopic (exact) mass is 301 g/mol. The van der Waals surface area contributed by atoms with Gasteiger partial charge in [0.05, 0.1) is 6.61 Å². The third-order valence-electron chi connectivity index (χ3n) is 3.09. The molecule has 1 heterocycles. The van der Waals surface area contributed by atoms with Gasteiger partial charge in [-0.25, -0.2) is 4.79 Å². The molecule has 1 fully saturated rings. The molecule has 2 atom stereocenters. The maximum absolute atomic E-state index is 12.4. The van der Waals surface area contributed by atoms with Crippen molar-refractivity contribution >= 4 is 17.8 Å². The second kappa shape index (κ2) is 7.97. The first-order valence-electron chi connectivity index (χ1n) is 7.17. The van der Waals surface area contributed by atoms with Crippen molar-refractivity contribution < 1.29 is 29.0 Å². The number of rotatable bonds is 7. The lowest BCUT2D eigenvalue weighted by atomic mass is 10.1. The van der Waals surface area contributed by atoms with Crippen molar-refractivity contribution in [3.8, 4) is 0 Å². The van der Waals surface area contributed by atoms with E-state index in [4.69, 9.17) is 14.6 Å². The molecule has 1 aliphatic heterocycles. The summed E-state index contributed by atoms with van der Waals surface area (Å²) in [4.78, 5) is 36.2. The highest BCUT2D eigenvalue weighted by atomic mass is 16.5. The number of carbonyl (C=O) groups excluding carboxylic acids is 2. The number of hydrogen-bond acceptors (Lipinski definition) is 5. The van der Waals surface area contributed by atoms with E-state index in [1.54, 1.807) is 6.92 Å². The van der Waals surface area contributed by atoms with Crippen molar-refractivity contribution in [2.45, 2.75) is 45.8 Å². The summed E-state index contributed by atoms with van der Waals surface area (Å²) in [5.41, 5.74) is 0. The normalized spacial score (nSPS) is 21.3. The molecule has 7 nitrogen and oxygen atoms in total. The van der Waals surface area contributed by atoms with Crippen LogP contribution in [0.15, 0.2) is 0 Å². The molecule has 0 aliphatic carbocycles. The van der Waals surface area contributed by atoms with E-state index in [0.717, 1.165) is 0 Å². The molecule has 0 aromatic carbocycles. The highest BCUT2D eigenvalue weighted by Gasteiger charge is 2.37. The zero-order valence-corrected chi connectivity index (χ0v) is 12.7. The molecule has 1 rings (SSSR count). The molecule has 1 aliphatic rings. The molecule has 0 unspecified atom stereocenters. The van der Waals surface area contributed by atoms with Gasteiger partial charge in [0.25, 0.3) is 5.91 Å². The van der Waals surface area contributed by atoms with Gasteiger partial charge < -0.3 is 19.5 Å². The SMILES string of the molecule is CCOC(=O)CN(CC(C)C)C(=O)[C@@H]1CC[C@H](C(=O)O)O1. The Bertz CT molecular complexity index is 395. The highest BCUT2D eigenvalue weighted by molar-refractivity contribution is 5.86. The van der Waals surface area contributed by atoms with Gasteiger partial charge in [-0.15, -0.1) is 0 Å². The average molecular weight is 301 g/mol. The van der Waals surface area contributed by atoms with Gasteiger partial charge in [-0.1, -0.05) is 13.8 Å². The first kappa shape index (κ1) is 17.4. The van der Waals surface area contributed by atoms with Crippen LogP contribution in [-0.4, -0.2) is 59.8 Å². The second-order valence-electron chi connectivity index (χ2n) is 5.45. The molecule has 21 heavy (non-hydrogen) atoms. The number of ether oxygens (including phenoxy) is 2. The number of hydrogen-bond donors (Lipinski definition) is 1. The van der Waals surface area contributed by atoms with Gasteiger partial charge in [0, 0.05) is 6.54 Å². The third kappa shape index (κ3) is 5.34. The van der Waals surface area contributed by atoms with E-state index < -0.39 is 24.1 Å². The van der Waals surface area contributed by atoms with Crippen LogP contribution in [0.25, 0.3) is 0 Å². The Morgan fingerprint density at radius 2 is 1.90 bits per heavy atom. The number of carboxylic acids is 1. The van der Waals surface area contributed by atoms with Crippen LogP contribution in [-0.2, 0) is 23.9 Å². The minimum atomic E-state index is -1.06. The fraction of sp³-hybridized carbons (Fsp3) is 0.786. The predicted octanol–water partition coefficient (Wildman–Crippen LogP) is 0.666. The summed E-state index contributed by atoms with van der Waals surface area (Å²) in [7, 11) is 0. The van der Waals surface area contributed by atoms with Crippen LogP contribution < -0.4 is 0 Å². The topological polar surface area (TPSA) is 93.1 Å². The Balaban J connectivity index is 2.67. The zero-order valence-electron chi connectivity index (χ0n) is 12.7. The summed E-state index contributed by atoms with van der Waals surface area (Å²) in [6.07, 6.45) is -1.07. The molecule has 0 saturated carbocycles. The van der Waals surface area contributed by atoms with E-state index in [2.05, 4.69) is 0 Å². The second-order valence-corrected chi connectivity index (χ2v) is 5.45. The number of aliphatic carboxylic acids is 1. The summed E-state index contributed by atoms with van der Waals surface area (Å²) >= 11 is 0. The smallest absolute Gasteiger partial charge is 0.332 e. The Labute approximate surface area is 124 Å². The lowest BCUT2D eigenvalue weighted by Gasteiger charge is -2.26. The third-order valence-corrected chi connectivity index (χ3v) is 3.09. The number of amides is 1. The van der Waals surface area contributed by atoms with Gasteiger partial charge in [-0.2, -0.15) is 0 Å². The van der Waals surface area contributed by atoms with E-state index in [-0.39, 0.29) is 25.0 Å². The van der Waals surface area contributed by atoms with Crippen molar-refractivity contribution in [3.05, 3.63) is 0 Å². The molecule has 0 radical (unpaired) electrons. The molecule has 7 heteroatoms. The zero-order chi connectivity index (χ0) is 16.0. The molecule has 1 N–H and O–H groups in total. The van der Waals surface area contributed by atoms with Crippen LogP contribution in [0.2, 0.25) is 0 Å². The van der Waals surface area contributed by atoms with Gasteiger partial charge in [0.1, 0.15) is 12.6 Å². The first-order chi connectivity index (χ1) is 9.85. The fourth-order valence-corrected chi connectivity index (χ4v) is 2.24. The van der Waals surface area contributed by atoms with Crippen LogP contribution >= 0.6 is 0 Å². The summed E-state index contributed by atoms with van der Waals surface area (Å²) in [6, 6.07) is 0. The number of carboxylic acid groups (broad SMARTS) is 1. The van der Waals surface area contributed by atoms with Crippen molar-refractivity contribution in [2.24, 2.45) is 5.92 Å². The largest absolute Gasteiger partial charge is 0.479 e. The van der Waals surface area contributed by atoms with E-state index in [1.165, 1.54) is 4.90 Å². The van der Waals surface area contributed by atoms with E-state index >= 15 is 0 Å². The van der Waals surface area contributed by atoms with Gasteiger partial charge >= 0.3 is 11.9 Å². The molecule has 0 spiro atoms. The number of esters is 1. The highest BCUT2D eigenvalue weighted by Crippen LogP contribution is 2.22. The van der Waals surface area contributed by atoms with Crippen LogP contribution in [0.5, 0.6) is 0 Å². The van der Waals surface area contributed by atoms with Crippen molar-refractivity contribution in [2.75, 3.05) is 19.7 Å². The van der Waals surface area contributed by atoms with Crippen LogP contribution in [0.4, 0.5) is 0 Å². The molecular weight excluding hydrogens is 278 g/mol. The van der Waals surface area contributed by atoms with E-state index in [9.17, 15) is 14.4 Å². The summed E-state index contributed by atoms with van der Waals surface area (Å²) < 4.78 is 10.1. The van der Waals surface area contributed by atoms with Gasteiger partial charge in [-0.3, -0.25) is 9.59 Å². The van der Waals surface area contributed by atoms with Crippen LogP contribution in [0.1, 0.15) is 33.6 Å². The standard InChI is InChI=1S/C14H23NO6/c1-4-20-12(16)8-15(7-9(2)3)13(17)10-5-6-11(21-10)14(18)19/h9-11H,4-8H2,1-3H3,(H,18,19)/t10-,11+/m0/s1. The van der Waals surface area contributed by atoms with E-state index in [1.807, 2.05) is 13.8 Å². The van der Waals surface area contributed by atoms with Crippen LogP contribution in [0.3, 0.4) is 0 Å². The maximum atomic E-state index is 12.4. The Kier molecular flexibility index (Phi) is 6.61. The summed E-state index contributed by atoms with van der Waals surface area (Å²) in [6.45, 7) is 6.08. The Morgan fingerprint density at radius 3 is 2.38 bits per heavy atom. The molecule has 1 saturated heterocycles. The molecular formula is C14H23NO6. The quantitative estimate of drug-likeness (QED) is 0.695. The fourth-order valence-electron chi connectivity index (χ4n) is 2.24. The number of nitrogens with zero attached hydrogens (tertiary/aromatic N) is 1. The van der Waals surface area contributed by atoms with Crippen molar-refractivity contribution in [1.82, 2.24) is 4.90 Å². The van der Waals surface area contributed by atoms with Gasteiger partial charge in [-0.05, 0) is 25.7 Å². The van der Waals surface area contributed by atoms with E-state index in [0.29, 0.717) is 19.4 Å². The van der Waals surface area contributed by atoms with Gasteiger partial charge in [0.2, 0.25) is 0 Å². The maximum Gasteiger partial charge on any atom is 0.332 e. The lowest BCUT2D eigenvalue weighted by molar-refractivity contribution is -0.158.